The molecule has 0 aromatic heterocycles. The highest BCUT2D eigenvalue weighted by atomic mass is 35.5. The lowest BCUT2D eigenvalue weighted by Crippen LogP contribution is -2.39. The monoisotopic (exact) mass is 340 g/mol. The maximum absolute atomic E-state index is 12.5. The van der Waals surface area contributed by atoms with Crippen LogP contribution in [0.5, 0.6) is 0 Å². The first kappa shape index (κ1) is 17.2. The highest BCUT2D eigenvalue weighted by Gasteiger charge is 2.30. The Morgan fingerprint density at radius 3 is 2.55 bits per heavy atom. The third kappa shape index (κ3) is 3.43. The Kier molecular flexibility index (Phi) is 5.45. The van der Waals surface area contributed by atoms with Gasteiger partial charge in [-0.3, -0.25) is 0 Å². The minimum Gasteiger partial charge on any atom is -0.330 e. The van der Waals surface area contributed by atoms with Crippen molar-refractivity contribution in [2.75, 3.05) is 6.54 Å². The molecule has 0 aliphatic heterocycles. The Morgan fingerprint density at radius 1 is 1.09 bits per heavy atom. The van der Waals surface area contributed by atoms with E-state index in [0.29, 0.717) is 11.4 Å². The predicted molar refractivity (Wildman–Crippen MR) is 91.7 cm³/mol. The largest absolute Gasteiger partial charge is 0.330 e. The summed E-state index contributed by atoms with van der Waals surface area (Å²) in [6.45, 7) is 0.533. The van der Waals surface area contributed by atoms with Crippen molar-refractivity contribution in [2.24, 2.45) is 11.7 Å². The van der Waals surface area contributed by atoms with Gasteiger partial charge in [-0.25, -0.2) is 13.1 Å². The summed E-state index contributed by atoms with van der Waals surface area (Å²) in [6.07, 6.45) is 2.91. The standard InChI is InChI=1S/C16H20N2O2S.ClH/c17-11-14-6-3-7-16(14)18-21(19,20)15-9-8-12-4-1-2-5-13(12)10-15;/h1-2,4-5,8-10,14,16,18H,3,6-7,11,17H2;1H. The Balaban J connectivity index is 0.00000176. The van der Waals surface area contributed by atoms with E-state index in [-0.39, 0.29) is 24.4 Å². The van der Waals surface area contributed by atoms with E-state index in [9.17, 15) is 8.42 Å². The van der Waals surface area contributed by atoms with E-state index in [4.69, 9.17) is 5.73 Å². The highest BCUT2D eigenvalue weighted by Crippen LogP contribution is 2.27. The molecule has 2 aromatic rings. The molecule has 3 N–H and O–H groups in total. The zero-order chi connectivity index (χ0) is 14.9. The Morgan fingerprint density at radius 2 is 1.82 bits per heavy atom. The van der Waals surface area contributed by atoms with E-state index >= 15 is 0 Å². The molecule has 3 rings (SSSR count). The van der Waals surface area contributed by atoms with Crippen LogP contribution in [-0.4, -0.2) is 21.0 Å². The van der Waals surface area contributed by atoms with Crippen LogP contribution in [0.2, 0.25) is 0 Å². The number of hydrogen-bond donors (Lipinski definition) is 2. The molecule has 0 saturated heterocycles. The van der Waals surface area contributed by atoms with Crippen LogP contribution < -0.4 is 10.5 Å². The zero-order valence-corrected chi connectivity index (χ0v) is 13.9. The molecule has 4 nitrogen and oxygen atoms in total. The second-order valence-corrected chi connectivity index (χ2v) is 7.38. The van der Waals surface area contributed by atoms with E-state index in [0.717, 1.165) is 30.0 Å². The molecular weight excluding hydrogens is 320 g/mol. The summed E-state index contributed by atoms with van der Waals surface area (Å²) in [5.74, 6) is 0.250. The number of hydrogen-bond acceptors (Lipinski definition) is 3. The minimum absolute atomic E-state index is 0. The summed E-state index contributed by atoms with van der Waals surface area (Å²) < 4.78 is 27.9. The van der Waals surface area contributed by atoms with Crippen LogP contribution in [0.1, 0.15) is 19.3 Å². The van der Waals surface area contributed by atoms with Gasteiger partial charge in [0.05, 0.1) is 4.90 Å². The number of nitrogens with one attached hydrogen (secondary N) is 1. The van der Waals surface area contributed by atoms with E-state index in [1.807, 2.05) is 30.3 Å². The van der Waals surface area contributed by atoms with Gasteiger partial charge in [0.25, 0.3) is 0 Å². The van der Waals surface area contributed by atoms with Crippen molar-refractivity contribution < 1.29 is 8.42 Å². The average Bonchev–Trinajstić information content (AvgIpc) is 2.93. The van der Waals surface area contributed by atoms with Crippen LogP contribution in [0.25, 0.3) is 10.8 Å². The van der Waals surface area contributed by atoms with Gasteiger partial charge in [-0.15, -0.1) is 12.4 Å². The van der Waals surface area contributed by atoms with Crippen molar-refractivity contribution in [2.45, 2.75) is 30.2 Å². The molecule has 0 amide bonds. The molecule has 1 aliphatic carbocycles. The normalized spacial score (nSPS) is 21.7. The molecule has 6 heteroatoms. The zero-order valence-electron chi connectivity index (χ0n) is 12.2. The summed E-state index contributed by atoms with van der Waals surface area (Å²) in [7, 11) is -3.48. The molecule has 1 aliphatic rings. The van der Waals surface area contributed by atoms with Crippen molar-refractivity contribution in [1.82, 2.24) is 4.72 Å². The molecule has 0 heterocycles. The smallest absolute Gasteiger partial charge is 0.240 e. The highest BCUT2D eigenvalue weighted by molar-refractivity contribution is 7.89. The van der Waals surface area contributed by atoms with Crippen molar-refractivity contribution >= 4 is 33.2 Å². The van der Waals surface area contributed by atoms with Crippen LogP contribution in [0.15, 0.2) is 47.4 Å². The average molecular weight is 341 g/mol. The molecule has 1 fully saturated rings. The number of benzene rings is 2. The first-order valence-corrected chi connectivity index (χ1v) is 8.80. The maximum atomic E-state index is 12.5. The number of fused-ring (bicyclic) bond motifs is 1. The predicted octanol–water partition coefficient (Wildman–Crippen LogP) is 2.67. The fraction of sp³-hybridized carbons (Fsp3) is 0.375. The Labute approximate surface area is 137 Å². The first-order valence-electron chi connectivity index (χ1n) is 7.31. The molecule has 1 saturated carbocycles. The second kappa shape index (κ2) is 6.96. The summed E-state index contributed by atoms with van der Waals surface area (Å²) in [5, 5.41) is 1.97. The van der Waals surface area contributed by atoms with Gasteiger partial charge in [0.2, 0.25) is 10.0 Å². The number of nitrogens with two attached hydrogens (primary N) is 1. The molecule has 0 spiro atoms. The van der Waals surface area contributed by atoms with E-state index in [1.165, 1.54) is 0 Å². The first-order chi connectivity index (χ1) is 10.1. The van der Waals surface area contributed by atoms with Gasteiger partial charge < -0.3 is 5.73 Å². The van der Waals surface area contributed by atoms with Gasteiger partial charge in [-0.2, -0.15) is 0 Å². The van der Waals surface area contributed by atoms with Gasteiger partial charge in [-0.1, -0.05) is 36.8 Å². The molecule has 120 valence electrons. The van der Waals surface area contributed by atoms with Gasteiger partial charge >= 0.3 is 0 Å². The number of halogens is 1. The summed E-state index contributed by atoms with van der Waals surface area (Å²) in [5.41, 5.74) is 5.72. The molecule has 2 aromatic carbocycles. The van der Waals surface area contributed by atoms with Gasteiger partial charge in [0.15, 0.2) is 0 Å². The quantitative estimate of drug-likeness (QED) is 0.898. The topological polar surface area (TPSA) is 72.2 Å². The lowest BCUT2D eigenvalue weighted by molar-refractivity contribution is 0.453. The van der Waals surface area contributed by atoms with E-state index < -0.39 is 10.0 Å². The summed E-state index contributed by atoms with van der Waals surface area (Å²) >= 11 is 0. The second-order valence-electron chi connectivity index (χ2n) is 5.66. The van der Waals surface area contributed by atoms with Crippen molar-refractivity contribution in [3.63, 3.8) is 0 Å². The van der Waals surface area contributed by atoms with Crippen molar-refractivity contribution in [3.05, 3.63) is 42.5 Å². The minimum atomic E-state index is -3.48. The molecule has 2 atom stereocenters. The fourth-order valence-corrected chi connectivity index (χ4v) is 4.45. The SMILES string of the molecule is Cl.NCC1CCCC1NS(=O)(=O)c1ccc2ccccc2c1. The van der Waals surface area contributed by atoms with E-state index in [2.05, 4.69) is 4.72 Å². The number of sulfonamides is 1. The Hall–Kier alpha value is -1.14. The summed E-state index contributed by atoms with van der Waals surface area (Å²) in [4.78, 5) is 0.323. The van der Waals surface area contributed by atoms with Crippen LogP contribution in [0.3, 0.4) is 0 Å². The molecule has 2 unspecified atom stereocenters. The van der Waals surface area contributed by atoms with Crippen LogP contribution in [0.4, 0.5) is 0 Å². The van der Waals surface area contributed by atoms with Gasteiger partial charge in [0, 0.05) is 6.04 Å². The van der Waals surface area contributed by atoms with Crippen LogP contribution in [-0.2, 0) is 10.0 Å². The third-order valence-electron chi connectivity index (χ3n) is 4.30. The van der Waals surface area contributed by atoms with Crippen molar-refractivity contribution in [3.8, 4) is 0 Å². The molecule has 0 radical (unpaired) electrons. The van der Waals surface area contributed by atoms with Gasteiger partial charge in [-0.05, 0) is 48.2 Å². The lowest BCUT2D eigenvalue weighted by atomic mass is 10.1. The number of rotatable bonds is 4. The lowest BCUT2D eigenvalue weighted by Gasteiger charge is -2.19. The summed E-state index contributed by atoms with van der Waals surface area (Å²) in [6, 6.07) is 13.0. The van der Waals surface area contributed by atoms with Crippen LogP contribution in [0, 0.1) is 5.92 Å². The third-order valence-corrected chi connectivity index (χ3v) is 5.79. The molecular formula is C16H21ClN2O2S. The fourth-order valence-electron chi connectivity index (χ4n) is 3.08. The van der Waals surface area contributed by atoms with E-state index in [1.54, 1.807) is 12.1 Å². The van der Waals surface area contributed by atoms with Crippen LogP contribution >= 0.6 is 12.4 Å². The Bertz CT molecular complexity index is 749. The molecule has 0 bridgehead atoms. The van der Waals surface area contributed by atoms with Gasteiger partial charge in [0.1, 0.15) is 0 Å². The van der Waals surface area contributed by atoms with Crippen molar-refractivity contribution in [1.29, 1.82) is 0 Å². The molecule has 22 heavy (non-hydrogen) atoms. The maximum Gasteiger partial charge on any atom is 0.240 e.